The van der Waals surface area contributed by atoms with Crippen LogP contribution < -0.4 is 16.0 Å². The second-order valence-electron chi connectivity index (χ2n) is 2.90. The van der Waals surface area contributed by atoms with Crippen LogP contribution in [-0.4, -0.2) is 33.4 Å². The number of hydrogen-bond acceptors (Lipinski definition) is 3. The summed E-state index contributed by atoms with van der Waals surface area (Å²) in [5.74, 6) is 1.38. The van der Waals surface area contributed by atoms with Crippen molar-refractivity contribution in [1.82, 2.24) is 16.0 Å². The van der Waals surface area contributed by atoms with Crippen molar-refractivity contribution in [3.63, 3.8) is 0 Å². The topological polar surface area (TPSA) is 36.1 Å². The van der Waals surface area contributed by atoms with Gasteiger partial charge in [-0.2, -0.15) is 0 Å². The first kappa shape index (κ1) is 10.9. The van der Waals surface area contributed by atoms with E-state index in [9.17, 15) is 0 Å². The van der Waals surface area contributed by atoms with E-state index >= 15 is 0 Å². The SMILES string of the molecule is CNC(NC)[C@H](NC)[C](C)C. The molecule has 0 aromatic rings. The van der Waals surface area contributed by atoms with Crippen LogP contribution in [0.5, 0.6) is 0 Å². The zero-order valence-corrected chi connectivity index (χ0v) is 8.15. The Kier molecular flexibility index (Phi) is 5.46. The van der Waals surface area contributed by atoms with Crippen LogP contribution in [0.25, 0.3) is 0 Å². The van der Waals surface area contributed by atoms with Gasteiger partial charge in [-0.15, -0.1) is 0 Å². The Labute approximate surface area is 69.9 Å². The maximum absolute atomic E-state index is 3.24. The lowest BCUT2D eigenvalue weighted by Crippen LogP contribution is -2.54. The fraction of sp³-hybridized carbons (Fsp3) is 0.875. The first-order valence-corrected chi connectivity index (χ1v) is 3.99. The van der Waals surface area contributed by atoms with Gasteiger partial charge in [-0.05, 0) is 27.1 Å². The van der Waals surface area contributed by atoms with E-state index in [1.54, 1.807) is 0 Å². The minimum absolute atomic E-state index is 0.310. The van der Waals surface area contributed by atoms with Crippen molar-refractivity contribution in [2.24, 2.45) is 0 Å². The Morgan fingerprint density at radius 2 is 1.36 bits per heavy atom. The monoisotopic (exact) mass is 158 g/mol. The molecule has 0 unspecified atom stereocenters. The zero-order chi connectivity index (χ0) is 8.85. The minimum atomic E-state index is 0.310. The molecular weight excluding hydrogens is 138 g/mol. The van der Waals surface area contributed by atoms with Gasteiger partial charge in [-0.25, -0.2) is 0 Å². The highest BCUT2D eigenvalue weighted by molar-refractivity contribution is 4.97. The molecule has 0 fully saturated rings. The number of likely N-dealkylation sites (N-methyl/N-ethyl adjacent to an activating group) is 3. The summed E-state index contributed by atoms with van der Waals surface area (Å²) in [6.45, 7) is 4.26. The van der Waals surface area contributed by atoms with Gasteiger partial charge in [0.25, 0.3) is 0 Å². The Bertz CT molecular complexity index is 89.3. The maximum Gasteiger partial charge on any atom is 0.0730 e. The Balaban J connectivity index is 3.98. The molecule has 3 N–H and O–H groups in total. The molecule has 0 rings (SSSR count). The third kappa shape index (κ3) is 3.18. The van der Waals surface area contributed by atoms with E-state index in [1.807, 2.05) is 21.1 Å². The third-order valence-electron chi connectivity index (χ3n) is 1.89. The van der Waals surface area contributed by atoms with E-state index in [-0.39, 0.29) is 0 Å². The fourth-order valence-electron chi connectivity index (χ4n) is 1.27. The van der Waals surface area contributed by atoms with Crippen LogP contribution in [0.4, 0.5) is 0 Å². The summed E-state index contributed by atoms with van der Waals surface area (Å²) < 4.78 is 0. The molecule has 0 spiro atoms. The Hall–Kier alpha value is -0.120. The Morgan fingerprint density at radius 1 is 0.909 bits per heavy atom. The highest BCUT2D eigenvalue weighted by Gasteiger charge is 2.19. The molecule has 0 aliphatic carbocycles. The van der Waals surface area contributed by atoms with Crippen LogP contribution in [0.1, 0.15) is 13.8 Å². The molecule has 3 nitrogen and oxygen atoms in total. The van der Waals surface area contributed by atoms with Crippen molar-refractivity contribution in [3.8, 4) is 0 Å². The molecule has 0 aromatic carbocycles. The molecule has 67 valence electrons. The summed E-state index contributed by atoms with van der Waals surface area (Å²) in [7, 11) is 5.88. The van der Waals surface area contributed by atoms with Crippen molar-refractivity contribution in [2.75, 3.05) is 21.1 Å². The zero-order valence-electron chi connectivity index (χ0n) is 8.15. The standard InChI is InChI=1S/C8H20N3/c1-6(2)7(9-3)8(10-4)11-5/h7-11H,1-5H3/t7-/m1/s1. The highest BCUT2D eigenvalue weighted by atomic mass is 15.1. The first-order chi connectivity index (χ1) is 5.17. The lowest BCUT2D eigenvalue weighted by Gasteiger charge is -2.28. The molecule has 0 aliphatic rings. The predicted molar refractivity (Wildman–Crippen MR) is 49.3 cm³/mol. The van der Waals surface area contributed by atoms with Gasteiger partial charge < -0.3 is 16.0 Å². The number of rotatable bonds is 5. The molecule has 0 heterocycles. The largest absolute Gasteiger partial charge is 0.314 e. The lowest BCUT2D eigenvalue weighted by atomic mass is 10.0. The molecular formula is C8H20N3. The van der Waals surface area contributed by atoms with Crippen molar-refractivity contribution in [1.29, 1.82) is 0 Å². The molecule has 1 radical (unpaired) electrons. The van der Waals surface area contributed by atoms with E-state index in [0.29, 0.717) is 12.2 Å². The summed E-state index contributed by atoms with van der Waals surface area (Å²) in [5, 5.41) is 9.62. The molecule has 11 heavy (non-hydrogen) atoms. The van der Waals surface area contributed by atoms with E-state index in [0.717, 1.165) is 0 Å². The van der Waals surface area contributed by atoms with Gasteiger partial charge in [0.2, 0.25) is 0 Å². The summed E-state index contributed by atoms with van der Waals surface area (Å²) in [5.41, 5.74) is 0. The van der Waals surface area contributed by atoms with Crippen LogP contribution in [0.3, 0.4) is 0 Å². The van der Waals surface area contributed by atoms with Gasteiger partial charge in [0, 0.05) is 6.04 Å². The van der Waals surface area contributed by atoms with E-state index in [2.05, 4.69) is 29.8 Å². The van der Waals surface area contributed by atoms with Crippen molar-refractivity contribution in [3.05, 3.63) is 5.92 Å². The van der Waals surface area contributed by atoms with Gasteiger partial charge in [0.15, 0.2) is 0 Å². The summed E-state index contributed by atoms with van der Waals surface area (Å²) >= 11 is 0. The van der Waals surface area contributed by atoms with E-state index in [4.69, 9.17) is 0 Å². The lowest BCUT2D eigenvalue weighted by molar-refractivity contribution is 0.377. The van der Waals surface area contributed by atoms with Crippen LogP contribution >= 0.6 is 0 Å². The highest BCUT2D eigenvalue weighted by Crippen LogP contribution is 2.05. The maximum atomic E-state index is 3.24. The van der Waals surface area contributed by atoms with Gasteiger partial charge in [0.1, 0.15) is 0 Å². The quantitative estimate of drug-likeness (QED) is 0.491. The molecule has 0 saturated carbocycles. The Morgan fingerprint density at radius 3 is 1.45 bits per heavy atom. The second-order valence-corrected chi connectivity index (χ2v) is 2.90. The predicted octanol–water partition coefficient (Wildman–Crippen LogP) is -0.0464. The summed E-state index contributed by atoms with van der Waals surface area (Å²) in [4.78, 5) is 0. The van der Waals surface area contributed by atoms with Gasteiger partial charge in [-0.1, -0.05) is 13.8 Å². The van der Waals surface area contributed by atoms with Crippen LogP contribution in [-0.2, 0) is 0 Å². The number of hydrogen-bond donors (Lipinski definition) is 3. The van der Waals surface area contributed by atoms with E-state index in [1.165, 1.54) is 5.92 Å². The van der Waals surface area contributed by atoms with Crippen LogP contribution in [0.15, 0.2) is 0 Å². The first-order valence-electron chi connectivity index (χ1n) is 3.99. The van der Waals surface area contributed by atoms with E-state index < -0.39 is 0 Å². The smallest absolute Gasteiger partial charge is 0.0730 e. The molecule has 0 bridgehead atoms. The number of nitrogens with one attached hydrogen (secondary N) is 3. The normalized spacial score (nSPS) is 14.5. The molecule has 1 atom stereocenters. The van der Waals surface area contributed by atoms with Crippen LogP contribution in [0.2, 0.25) is 0 Å². The molecule has 0 amide bonds. The van der Waals surface area contributed by atoms with Crippen LogP contribution in [0, 0.1) is 5.92 Å². The molecule has 3 heteroatoms. The third-order valence-corrected chi connectivity index (χ3v) is 1.89. The second kappa shape index (κ2) is 5.52. The summed E-state index contributed by atoms with van der Waals surface area (Å²) in [6, 6.07) is 0.394. The average Bonchev–Trinajstić information content (AvgIpc) is 1.99. The molecule has 0 saturated heterocycles. The van der Waals surface area contributed by atoms with Gasteiger partial charge in [0.05, 0.1) is 6.17 Å². The summed E-state index contributed by atoms with van der Waals surface area (Å²) in [6.07, 6.45) is 0.310. The minimum Gasteiger partial charge on any atom is -0.314 e. The average molecular weight is 158 g/mol. The van der Waals surface area contributed by atoms with Gasteiger partial charge >= 0.3 is 0 Å². The molecule has 0 aromatic heterocycles. The van der Waals surface area contributed by atoms with Crippen molar-refractivity contribution >= 4 is 0 Å². The van der Waals surface area contributed by atoms with Crippen molar-refractivity contribution < 1.29 is 0 Å². The molecule has 0 aliphatic heterocycles. The van der Waals surface area contributed by atoms with Gasteiger partial charge in [-0.3, -0.25) is 0 Å². The fourth-order valence-corrected chi connectivity index (χ4v) is 1.27. The van der Waals surface area contributed by atoms with Crippen molar-refractivity contribution in [2.45, 2.75) is 26.1 Å².